The van der Waals surface area contributed by atoms with E-state index in [-0.39, 0.29) is 30.3 Å². The molecule has 2 aromatic rings. The third kappa shape index (κ3) is 6.09. The summed E-state index contributed by atoms with van der Waals surface area (Å²) < 4.78 is 45.0. The molecule has 0 fully saturated rings. The molecule has 0 heterocycles. The summed E-state index contributed by atoms with van der Waals surface area (Å²) in [6.45, 7) is 6.01. The summed E-state index contributed by atoms with van der Waals surface area (Å²) in [5.74, 6) is -0.419. The number of nitrogens with one attached hydrogen (secondary N) is 1. The van der Waals surface area contributed by atoms with Gasteiger partial charge >= 0.3 is 0 Å². The maximum Gasteiger partial charge on any atom is 0.244 e. The molecule has 0 aliphatic carbocycles. The van der Waals surface area contributed by atoms with Gasteiger partial charge in [-0.1, -0.05) is 30.7 Å². The standard InChI is InChI=1S/C21H26ClFN2O4S/c1-5-19(25(30(4,27)28)16-8-9-18(23)17(22)13-16)21(26)24-10-11-29-20-12-14(2)6-7-15(20)3/h6-9,12-13,19H,5,10-11H2,1-4H3,(H,24,26)/t19-/m1/s1. The molecule has 0 aromatic heterocycles. The Labute approximate surface area is 182 Å². The van der Waals surface area contributed by atoms with E-state index in [0.717, 1.165) is 33.5 Å². The molecular weight excluding hydrogens is 431 g/mol. The van der Waals surface area contributed by atoms with E-state index in [1.807, 2.05) is 32.0 Å². The van der Waals surface area contributed by atoms with Gasteiger partial charge in [-0.15, -0.1) is 0 Å². The molecule has 30 heavy (non-hydrogen) atoms. The number of hydrogen-bond donors (Lipinski definition) is 1. The van der Waals surface area contributed by atoms with Crippen molar-refractivity contribution in [2.24, 2.45) is 0 Å². The highest BCUT2D eigenvalue weighted by molar-refractivity contribution is 7.92. The lowest BCUT2D eigenvalue weighted by atomic mass is 10.1. The number of benzene rings is 2. The van der Waals surface area contributed by atoms with Crippen molar-refractivity contribution in [3.8, 4) is 5.75 Å². The average molecular weight is 457 g/mol. The normalized spacial score (nSPS) is 12.3. The van der Waals surface area contributed by atoms with Crippen LogP contribution in [0.15, 0.2) is 36.4 Å². The van der Waals surface area contributed by atoms with Gasteiger partial charge in [-0.25, -0.2) is 12.8 Å². The van der Waals surface area contributed by atoms with Crippen LogP contribution in [0.4, 0.5) is 10.1 Å². The molecule has 1 N–H and O–H groups in total. The molecule has 0 radical (unpaired) electrons. The molecule has 164 valence electrons. The Hall–Kier alpha value is -2.32. The van der Waals surface area contributed by atoms with Crippen molar-refractivity contribution in [3.05, 3.63) is 58.4 Å². The molecule has 0 unspecified atom stereocenters. The van der Waals surface area contributed by atoms with Crippen molar-refractivity contribution in [3.63, 3.8) is 0 Å². The van der Waals surface area contributed by atoms with Crippen LogP contribution in [0, 0.1) is 19.7 Å². The highest BCUT2D eigenvalue weighted by atomic mass is 35.5. The Morgan fingerprint density at radius 1 is 1.23 bits per heavy atom. The number of carbonyl (C=O) groups is 1. The Bertz CT molecular complexity index is 1010. The van der Waals surface area contributed by atoms with Gasteiger partial charge in [0.05, 0.1) is 23.5 Å². The van der Waals surface area contributed by atoms with E-state index in [2.05, 4.69) is 5.32 Å². The van der Waals surface area contributed by atoms with E-state index in [0.29, 0.717) is 0 Å². The van der Waals surface area contributed by atoms with Crippen LogP contribution >= 0.6 is 11.6 Å². The Kier molecular flexibility index (Phi) is 8.09. The fraction of sp³-hybridized carbons (Fsp3) is 0.381. The molecule has 0 bridgehead atoms. The van der Waals surface area contributed by atoms with E-state index < -0.39 is 27.8 Å². The summed E-state index contributed by atoms with van der Waals surface area (Å²) in [7, 11) is -3.83. The molecule has 0 spiro atoms. The van der Waals surface area contributed by atoms with E-state index in [1.165, 1.54) is 12.1 Å². The molecule has 0 aliphatic heterocycles. The number of sulfonamides is 1. The number of amides is 1. The fourth-order valence-electron chi connectivity index (χ4n) is 3.00. The van der Waals surface area contributed by atoms with Crippen LogP contribution in [0.3, 0.4) is 0 Å². The largest absolute Gasteiger partial charge is 0.491 e. The molecule has 6 nitrogen and oxygen atoms in total. The van der Waals surface area contributed by atoms with Crippen LogP contribution in [-0.4, -0.2) is 39.8 Å². The Morgan fingerprint density at radius 2 is 1.93 bits per heavy atom. The van der Waals surface area contributed by atoms with Gasteiger partial charge in [-0.05, 0) is 55.7 Å². The van der Waals surface area contributed by atoms with Gasteiger partial charge in [0, 0.05) is 0 Å². The van der Waals surface area contributed by atoms with Gasteiger partial charge in [0.1, 0.15) is 24.2 Å². The maximum absolute atomic E-state index is 13.5. The topological polar surface area (TPSA) is 75.7 Å². The minimum absolute atomic E-state index is 0.123. The van der Waals surface area contributed by atoms with Gasteiger partial charge in [0.2, 0.25) is 15.9 Å². The summed E-state index contributed by atoms with van der Waals surface area (Å²) in [6, 6.07) is 8.38. The summed E-state index contributed by atoms with van der Waals surface area (Å²) >= 11 is 5.81. The number of halogens is 2. The highest BCUT2D eigenvalue weighted by Crippen LogP contribution is 2.27. The van der Waals surface area contributed by atoms with Crippen molar-refractivity contribution in [1.82, 2.24) is 5.32 Å². The number of ether oxygens (including phenoxy) is 1. The van der Waals surface area contributed by atoms with Crippen LogP contribution < -0.4 is 14.4 Å². The minimum Gasteiger partial charge on any atom is -0.491 e. The number of aryl methyl sites for hydroxylation is 2. The fourth-order valence-corrected chi connectivity index (χ4v) is 4.38. The number of nitrogens with zero attached hydrogens (tertiary/aromatic N) is 1. The number of anilines is 1. The van der Waals surface area contributed by atoms with Gasteiger partial charge in [0.15, 0.2) is 0 Å². The summed E-state index contributed by atoms with van der Waals surface area (Å²) in [5.41, 5.74) is 2.17. The maximum atomic E-state index is 13.5. The highest BCUT2D eigenvalue weighted by Gasteiger charge is 2.31. The van der Waals surface area contributed by atoms with E-state index >= 15 is 0 Å². The predicted octanol–water partition coefficient (Wildman–Crippen LogP) is 3.84. The zero-order chi connectivity index (χ0) is 22.5. The summed E-state index contributed by atoms with van der Waals surface area (Å²) in [5, 5.41) is 2.49. The first-order chi connectivity index (χ1) is 14.0. The van der Waals surface area contributed by atoms with E-state index in [9.17, 15) is 17.6 Å². The first-order valence-corrected chi connectivity index (χ1v) is 11.7. The van der Waals surface area contributed by atoms with Crippen LogP contribution in [-0.2, 0) is 14.8 Å². The second kappa shape index (κ2) is 10.1. The van der Waals surface area contributed by atoms with E-state index in [4.69, 9.17) is 16.3 Å². The molecule has 0 saturated carbocycles. The third-order valence-electron chi connectivity index (χ3n) is 4.49. The molecule has 9 heteroatoms. The van der Waals surface area contributed by atoms with Crippen molar-refractivity contribution in [2.75, 3.05) is 23.7 Å². The third-order valence-corrected chi connectivity index (χ3v) is 5.96. The number of rotatable bonds is 9. The van der Waals surface area contributed by atoms with Gasteiger partial charge in [-0.3, -0.25) is 9.10 Å². The number of hydrogen-bond acceptors (Lipinski definition) is 4. The predicted molar refractivity (Wildman–Crippen MR) is 117 cm³/mol. The molecule has 1 atom stereocenters. The first kappa shape index (κ1) is 24.0. The molecular formula is C21H26ClFN2O4S. The van der Waals surface area contributed by atoms with Crippen LogP contribution in [0.5, 0.6) is 5.75 Å². The quantitative estimate of drug-likeness (QED) is 0.582. The second-order valence-corrected chi connectivity index (χ2v) is 9.26. The Morgan fingerprint density at radius 3 is 2.53 bits per heavy atom. The van der Waals surface area contributed by atoms with Crippen LogP contribution in [0.2, 0.25) is 5.02 Å². The molecule has 2 rings (SSSR count). The Balaban J connectivity index is 2.10. The zero-order valence-corrected chi connectivity index (χ0v) is 19.0. The first-order valence-electron chi connectivity index (χ1n) is 9.46. The smallest absolute Gasteiger partial charge is 0.244 e. The number of carbonyl (C=O) groups excluding carboxylic acids is 1. The van der Waals surface area contributed by atoms with Gasteiger partial charge in [0.25, 0.3) is 0 Å². The van der Waals surface area contributed by atoms with Crippen molar-refractivity contribution < 1.29 is 22.3 Å². The molecule has 0 saturated heterocycles. The minimum atomic E-state index is -3.83. The summed E-state index contributed by atoms with van der Waals surface area (Å²) in [4.78, 5) is 12.7. The lowest BCUT2D eigenvalue weighted by Gasteiger charge is -2.30. The SMILES string of the molecule is CC[C@H](C(=O)NCCOc1cc(C)ccc1C)N(c1ccc(F)c(Cl)c1)S(C)(=O)=O. The van der Waals surface area contributed by atoms with Crippen molar-refractivity contribution in [1.29, 1.82) is 0 Å². The van der Waals surface area contributed by atoms with Crippen molar-refractivity contribution in [2.45, 2.75) is 33.2 Å². The molecule has 2 aromatic carbocycles. The zero-order valence-electron chi connectivity index (χ0n) is 17.4. The monoisotopic (exact) mass is 456 g/mol. The van der Waals surface area contributed by atoms with Gasteiger partial charge < -0.3 is 10.1 Å². The lowest BCUT2D eigenvalue weighted by Crippen LogP contribution is -2.50. The molecule has 0 aliphatic rings. The van der Waals surface area contributed by atoms with Crippen molar-refractivity contribution >= 4 is 33.2 Å². The summed E-state index contributed by atoms with van der Waals surface area (Å²) in [6.07, 6.45) is 1.20. The lowest BCUT2D eigenvalue weighted by molar-refractivity contribution is -0.122. The van der Waals surface area contributed by atoms with Crippen LogP contribution in [0.1, 0.15) is 24.5 Å². The molecule has 1 amide bonds. The average Bonchev–Trinajstić information content (AvgIpc) is 2.67. The van der Waals surface area contributed by atoms with Crippen LogP contribution in [0.25, 0.3) is 0 Å². The second-order valence-electron chi connectivity index (χ2n) is 6.99. The van der Waals surface area contributed by atoms with Gasteiger partial charge in [-0.2, -0.15) is 0 Å². The van der Waals surface area contributed by atoms with E-state index in [1.54, 1.807) is 6.92 Å².